The first-order chi connectivity index (χ1) is 9.69. The molecule has 2 unspecified atom stereocenters. The Balaban J connectivity index is 1.71. The van der Waals surface area contributed by atoms with E-state index in [4.69, 9.17) is 10.5 Å². The normalized spacial score (nSPS) is 18.1. The molecule has 0 radical (unpaired) electrons. The predicted octanol–water partition coefficient (Wildman–Crippen LogP) is 3.04. The van der Waals surface area contributed by atoms with Gasteiger partial charge >= 0.3 is 0 Å². The van der Waals surface area contributed by atoms with Crippen LogP contribution in [0.25, 0.3) is 0 Å². The lowest BCUT2D eigenvalue weighted by molar-refractivity contribution is 0.385. The van der Waals surface area contributed by atoms with Crippen LogP contribution in [0.5, 0.6) is 5.75 Å². The fraction of sp³-hybridized carbons (Fsp3) is 0.294. The summed E-state index contributed by atoms with van der Waals surface area (Å²) in [6.45, 7) is 0. The Morgan fingerprint density at radius 1 is 1.30 bits per heavy atom. The Morgan fingerprint density at radius 3 is 2.80 bits per heavy atom. The summed E-state index contributed by atoms with van der Waals surface area (Å²) in [7, 11) is 1.47. The van der Waals surface area contributed by atoms with E-state index >= 15 is 0 Å². The second kappa shape index (κ2) is 5.25. The van der Waals surface area contributed by atoms with E-state index in [1.54, 1.807) is 6.07 Å². The largest absolute Gasteiger partial charge is 0.494 e. The lowest BCUT2D eigenvalue weighted by Crippen LogP contribution is -2.37. The molecule has 0 heterocycles. The third-order valence-electron chi connectivity index (χ3n) is 4.10. The highest BCUT2D eigenvalue weighted by Crippen LogP contribution is 2.37. The van der Waals surface area contributed by atoms with Gasteiger partial charge in [-0.15, -0.1) is 0 Å². The summed E-state index contributed by atoms with van der Waals surface area (Å²) in [6, 6.07) is 13.5. The van der Waals surface area contributed by atoms with Gasteiger partial charge in [0.1, 0.15) is 0 Å². The Labute approximate surface area is 118 Å². The van der Waals surface area contributed by atoms with Crippen LogP contribution in [-0.4, -0.2) is 13.2 Å². The van der Waals surface area contributed by atoms with Crippen LogP contribution >= 0.6 is 0 Å². The highest BCUT2D eigenvalue weighted by atomic mass is 19.1. The maximum absolute atomic E-state index is 13.7. The van der Waals surface area contributed by atoms with E-state index in [9.17, 15) is 4.39 Å². The summed E-state index contributed by atoms with van der Waals surface area (Å²) in [5.74, 6) is 0.332. The van der Waals surface area contributed by atoms with Gasteiger partial charge in [-0.25, -0.2) is 4.39 Å². The van der Waals surface area contributed by atoms with Crippen LogP contribution in [0.1, 0.15) is 22.6 Å². The minimum Gasteiger partial charge on any atom is -0.494 e. The van der Waals surface area contributed by atoms with E-state index in [2.05, 4.69) is 18.2 Å². The average Bonchev–Trinajstić information content (AvgIpc) is 2.40. The number of ether oxygens (including phenoxy) is 1. The molecule has 104 valence electrons. The van der Waals surface area contributed by atoms with E-state index in [1.807, 2.05) is 12.1 Å². The number of fused-ring (bicyclic) bond motifs is 1. The molecule has 2 atom stereocenters. The molecule has 2 aromatic carbocycles. The van der Waals surface area contributed by atoms with Gasteiger partial charge in [0.2, 0.25) is 0 Å². The summed E-state index contributed by atoms with van der Waals surface area (Å²) in [6.07, 6.45) is 1.70. The van der Waals surface area contributed by atoms with Crippen LogP contribution in [-0.2, 0) is 12.8 Å². The molecule has 0 aromatic heterocycles. The van der Waals surface area contributed by atoms with Crippen molar-refractivity contribution in [2.75, 3.05) is 7.11 Å². The number of rotatable bonds is 4. The molecule has 2 N–H and O–H groups in total. The van der Waals surface area contributed by atoms with E-state index in [-0.39, 0.29) is 17.6 Å². The first-order valence-electron chi connectivity index (χ1n) is 6.85. The van der Waals surface area contributed by atoms with Crippen molar-refractivity contribution in [2.24, 2.45) is 5.73 Å². The van der Waals surface area contributed by atoms with Crippen LogP contribution in [0.15, 0.2) is 42.5 Å². The summed E-state index contributed by atoms with van der Waals surface area (Å²) in [4.78, 5) is 0. The molecule has 20 heavy (non-hydrogen) atoms. The molecule has 1 aliphatic rings. The molecule has 2 nitrogen and oxygen atoms in total. The zero-order valence-corrected chi connectivity index (χ0v) is 11.5. The average molecular weight is 271 g/mol. The van der Waals surface area contributed by atoms with Crippen molar-refractivity contribution in [3.8, 4) is 5.75 Å². The summed E-state index contributed by atoms with van der Waals surface area (Å²) >= 11 is 0. The van der Waals surface area contributed by atoms with E-state index in [0.29, 0.717) is 12.3 Å². The lowest BCUT2D eigenvalue weighted by atomic mass is 9.72. The molecule has 0 spiro atoms. The summed E-state index contributed by atoms with van der Waals surface area (Å²) < 4.78 is 18.6. The Morgan fingerprint density at radius 2 is 2.10 bits per heavy atom. The minimum absolute atomic E-state index is 0.0256. The highest BCUT2D eigenvalue weighted by molar-refractivity contribution is 5.41. The van der Waals surface area contributed by atoms with Gasteiger partial charge in [0, 0.05) is 12.0 Å². The van der Waals surface area contributed by atoms with E-state index in [1.165, 1.54) is 24.3 Å². The van der Waals surface area contributed by atoms with Gasteiger partial charge in [0.25, 0.3) is 0 Å². The molecule has 0 fully saturated rings. The highest BCUT2D eigenvalue weighted by Gasteiger charge is 2.30. The monoisotopic (exact) mass is 271 g/mol. The maximum Gasteiger partial charge on any atom is 0.165 e. The second-order valence-electron chi connectivity index (χ2n) is 5.35. The Bertz CT molecular complexity index is 626. The minimum atomic E-state index is -0.328. The molecule has 0 aliphatic heterocycles. The van der Waals surface area contributed by atoms with Crippen LogP contribution in [0, 0.1) is 5.82 Å². The molecule has 0 bridgehead atoms. The van der Waals surface area contributed by atoms with Crippen molar-refractivity contribution < 1.29 is 9.13 Å². The number of benzene rings is 2. The molecule has 3 rings (SSSR count). The molecule has 0 amide bonds. The Kier molecular flexibility index (Phi) is 3.45. The molecule has 0 saturated heterocycles. The number of hydrogen-bond acceptors (Lipinski definition) is 2. The first-order valence-corrected chi connectivity index (χ1v) is 6.85. The zero-order chi connectivity index (χ0) is 14.1. The fourth-order valence-electron chi connectivity index (χ4n) is 2.93. The van der Waals surface area contributed by atoms with Crippen LogP contribution in [0.4, 0.5) is 4.39 Å². The summed E-state index contributed by atoms with van der Waals surface area (Å²) in [5, 5.41) is 0. The predicted molar refractivity (Wildman–Crippen MR) is 77.5 cm³/mol. The van der Waals surface area contributed by atoms with Crippen molar-refractivity contribution >= 4 is 0 Å². The summed E-state index contributed by atoms with van der Waals surface area (Å²) in [5.41, 5.74) is 9.93. The topological polar surface area (TPSA) is 35.2 Å². The van der Waals surface area contributed by atoms with Gasteiger partial charge in [-0.1, -0.05) is 30.3 Å². The Hall–Kier alpha value is -1.87. The number of halogens is 1. The molecular formula is C17H18FNO. The molecule has 1 aliphatic carbocycles. The molecule has 0 saturated carbocycles. The fourth-order valence-corrected chi connectivity index (χ4v) is 2.93. The van der Waals surface area contributed by atoms with Gasteiger partial charge in [-0.2, -0.15) is 0 Å². The smallest absolute Gasteiger partial charge is 0.165 e. The van der Waals surface area contributed by atoms with Crippen molar-refractivity contribution in [3.63, 3.8) is 0 Å². The number of methoxy groups -OCH3 is 1. The van der Waals surface area contributed by atoms with E-state index < -0.39 is 0 Å². The van der Waals surface area contributed by atoms with Crippen molar-refractivity contribution in [1.29, 1.82) is 0 Å². The van der Waals surface area contributed by atoms with Crippen molar-refractivity contribution in [1.82, 2.24) is 0 Å². The third kappa shape index (κ3) is 2.29. The standard InChI is InChI=1S/C17H18FNO/c1-20-17-7-6-11(8-15(17)18)9-16(19)14-10-12-4-2-3-5-13(12)14/h2-8,14,16H,9-10,19H2,1H3. The van der Waals surface area contributed by atoms with Crippen molar-refractivity contribution in [3.05, 3.63) is 65.0 Å². The van der Waals surface area contributed by atoms with Crippen LogP contribution in [0.3, 0.4) is 0 Å². The van der Waals surface area contributed by atoms with Gasteiger partial charge < -0.3 is 10.5 Å². The van der Waals surface area contributed by atoms with Gasteiger partial charge in [-0.3, -0.25) is 0 Å². The number of hydrogen-bond donors (Lipinski definition) is 1. The zero-order valence-electron chi connectivity index (χ0n) is 11.5. The van der Waals surface area contributed by atoms with Gasteiger partial charge in [0.05, 0.1) is 7.11 Å². The third-order valence-corrected chi connectivity index (χ3v) is 4.10. The first kappa shape index (κ1) is 13.1. The molecule has 2 aromatic rings. The quantitative estimate of drug-likeness (QED) is 0.927. The SMILES string of the molecule is COc1ccc(CC(N)C2Cc3ccccc32)cc1F. The van der Waals surface area contributed by atoms with Gasteiger partial charge in [0.15, 0.2) is 11.6 Å². The number of nitrogens with two attached hydrogens (primary N) is 1. The van der Waals surface area contributed by atoms with E-state index in [0.717, 1.165) is 12.0 Å². The van der Waals surface area contributed by atoms with Crippen LogP contribution in [0.2, 0.25) is 0 Å². The van der Waals surface area contributed by atoms with Gasteiger partial charge in [-0.05, 0) is 41.7 Å². The molecular weight excluding hydrogens is 253 g/mol. The maximum atomic E-state index is 13.7. The second-order valence-corrected chi connectivity index (χ2v) is 5.35. The van der Waals surface area contributed by atoms with Crippen molar-refractivity contribution in [2.45, 2.75) is 24.8 Å². The molecule has 3 heteroatoms. The lowest BCUT2D eigenvalue weighted by Gasteiger charge is -2.34. The van der Waals surface area contributed by atoms with Crippen LogP contribution < -0.4 is 10.5 Å².